The number of aromatic amines is 1. The highest BCUT2D eigenvalue weighted by atomic mass is 32.2. The monoisotopic (exact) mass is 540 g/mol. The Morgan fingerprint density at radius 1 is 1.08 bits per heavy atom. The number of aryl methyl sites for hydroxylation is 1. The Labute approximate surface area is 221 Å². The molecule has 0 radical (unpaired) electrons. The number of rotatable bonds is 9. The smallest absolute Gasteiger partial charge is 0.326 e. The number of aliphatic carboxylic acids is 1. The molecule has 2 amide bonds. The van der Waals surface area contributed by atoms with E-state index in [1.54, 1.807) is 18.3 Å². The molecule has 4 rings (SSSR count). The van der Waals surface area contributed by atoms with Gasteiger partial charge in [-0.3, -0.25) is 9.59 Å². The lowest BCUT2D eigenvalue weighted by molar-refractivity contribution is -0.143. The third kappa shape index (κ3) is 6.22. The van der Waals surface area contributed by atoms with Gasteiger partial charge in [0.05, 0.1) is 10.9 Å². The minimum Gasteiger partial charge on any atom is -0.480 e. The Morgan fingerprint density at radius 2 is 1.74 bits per heavy atom. The fraction of sp³-hybridized carbons (Fsp3) is 0.370. The molecule has 4 N–H and O–H groups in total. The summed E-state index contributed by atoms with van der Waals surface area (Å²) in [6.45, 7) is 3.89. The number of carboxylic acids is 1. The maximum absolute atomic E-state index is 12.9. The van der Waals surface area contributed by atoms with Crippen molar-refractivity contribution in [2.24, 2.45) is 5.92 Å². The van der Waals surface area contributed by atoms with Crippen LogP contribution in [0.25, 0.3) is 10.9 Å². The lowest BCUT2D eigenvalue weighted by Gasteiger charge is -2.33. The van der Waals surface area contributed by atoms with E-state index in [-0.39, 0.29) is 36.2 Å². The van der Waals surface area contributed by atoms with Crippen LogP contribution in [0.3, 0.4) is 0 Å². The number of H-pyrrole nitrogens is 1. The number of nitrogens with zero attached hydrogens (tertiary/aromatic N) is 1. The number of likely N-dealkylation sites (tertiary alicyclic amines) is 1. The number of carbonyl (C=O) groups excluding carboxylic acids is 2. The quantitative estimate of drug-likeness (QED) is 0.327. The second-order valence-electron chi connectivity index (χ2n) is 9.72. The van der Waals surface area contributed by atoms with Crippen LogP contribution in [0, 0.1) is 12.8 Å². The minimum absolute atomic E-state index is 0.0822. The number of piperidine rings is 1. The van der Waals surface area contributed by atoms with Crippen LogP contribution < -0.4 is 10.0 Å². The average molecular weight is 541 g/mol. The van der Waals surface area contributed by atoms with Crippen LogP contribution in [-0.2, 0) is 30.8 Å². The second-order valence-corrected chi connectivity index (χ2v) is 11.4. The van der Waals surface area contributed by atoms with Crippen molar-refractivity contribution in [3.8, 4) is 0 Å². The molecule has 0 bridgehead atoms. The number of fused-ring (bicyclic) bond motifs is 1. The Hall–Kier alpha value is -3.70. The summed E-state index contributed by atoms with van der Waals surface area (Å²) < 4.78 is 27.7. The molecule has 1 fully saturated rings. The number of sulfonamides is 1. The minimum atomic E-state index is -3.86. The summed E-state index contributed by atoms with van der Waals surface area (Å²) in [6, 6.07) is 11.8. The van der Waals surface area contributed by atoms with Crippen molar-refractivity contribution in [3.63, 3.8) is 0 Å². The Bertz CT molecular complexity index is 1430. The summed E-state index contributed by atoms with van der Waals surface area (Å²) in [5.41, 5.74) is 2.62. The van der Waals surface area contributed by atoms with E-state index in [1.807, 2.05) is 31.2 Å². The first kappa shape index (κ1) is 27.3. The van der Waals surface area contributed by atoms with Gasteiger partial charge in [-0.25, -0.2) is 13.2 Å². The number of amides is 2. The van der Waals surface area contributed by atoms with Gasteiger partial charge < -0.3 is 20.3 Å². The van der Waals surface area contributed by atoms with Crippen molar-refractivity contribution < 1.29 is 27.9 Å². The summed E-state index contributed by atoms with van der Waals surface area (Å²) in [5.74, 6) is -2.30. The molecule has 202 valence electrons. The Morgan fingerprint density at radius 3 is 2.39 bits per heavy atom. The number of para-hydroxylation sites is 1. The van der Waals surface area contributed by atoms with E-state index in [9.17, 15) is 27.9 Å². The summed E-state index contributed by atoms with van der Waals surface area (Å²) >= 11 is 0. The van der Waals surface area contributed by atoms with Crippen molar-refractivity contribution in [3.05, 3.63) is 65.9 Å². The molecule has 11 heteroatoms. The van der Waals surface area contributed by atoms with E-state index in [2.05, 4.69) is 15.0 Å². The molecular weight excluding hydrogens is 508 g/mol. The second kappa shape index (κ2) is 11.4. The number of aromatic nitrogens is 1. The van der Waals surface area contributed by atoms with Crippen LogP contribution in [0.4, 0.5) is 0 Å². The highest BCUT2D eigenvalue weighted by Gasteiger charge is 2.33. The van der Waals surface area contributed by atoms with E-state index in [0.29, 0.717) is 12.8 Å². The molecule has 0 aliphatic carbocycles. The van der Waals surface area contributed by atoms with Gasteiger partial charge in [0.25, 0.3) is 0 Å². The zero-order chi connectivity index (χ0) is 27.4. The molecule has 0 saturated carbocycles. The van der Waals surface area contributed by atoms with Crippen LogP contribution in [0.15, 0.2) is 59.6 Å². The first-order chi connectivity index (χ1) is 18.0. The number of hydrogen-bond acceptors (Lipinski definition) is 5. The fourth-order valence-electron chi connectivity index (χ4n) is 4.71. The summed E-state index contributed by atoms with van der Waals surface area (Å²) in [7, 11) is -3.86. The number of carbonyl (C=O) groups is 3. The van der Waals surface area contributed by atoms with Crippen LogP contribution in [0.2, 0.25) is 0 Å². The van der Waals surface area contributed by atoms with Crippen LogP contribution in [0.1, 0.15) is 30.9 Å². The fourth-order valence-corrected chi connectivity index (χ4v) is 5.91. The first-order valence-electron chi connectivity index (χ1n) is 12.5. The van der Waals surface area contributed by atoms with Gasteiger partial charge in [0.1, 0.15) is 6.04 Å². The van der Waals surface area contributed by atoms with Crippen LogP contribution in [-0.4, -0.2) is 66.4 Å². The van der Waals surface area contributed by atoms with Crippen molar-refractivity contribution in [1.29, 1.82) is 0 Å². The largest absolute Gasteiger partial charge is 0.480 e. The maximum Gasteiger partial charge on any atom is 0.326 e. The molecule has 1 aromatic heterocycles. The van der Waals surface area contributed by atoms with Crippen LogP contribution in [0.5, 0.6) is 0 Å². The molecule has 1 aliphatic rings. The van der Waals surface area contributed by atoms with Crippen molar-refractivity contribution in [2.45, 2.75) is 50.1 Å². The van der Waals surface area contributed by atoms with Gasteiger partial charge in [0, 0.05) is 42.5 Å². The van der Waals surface area contributed by atoms with Crippen molar-refractivity contribution in [1.82, 2.24) is 19.9 Å². The van der Waals surface area contributed by atoms with Gasteiger partial charge in [0.2, 0.25) is 21.8 Å². The van der Waals surface area contributed by atoms with Crippen molar-refractivity contribution in [2.75, 3.05) is 13.1 Å². The van der Waals surface area contributed by atoms with E-state index < -0.39 is 34.0 Å². The normalized spacial score (nSPS) is 16.2. The third-order valence-corrected chi connectivity index (χ3v) is 8.48. The zero-order valence-corrected chi connectivity index (χ0v) is 22.1. The lowest BCUT2D eigenvalue weighted by atomic mass is 9.94. The van der Waals surface area contributed by atoms with E-state index in [0.717, 1.165) is 22.0 Å². The predicted octanol–water partition coefficient (Wildman–Crippen LogP) is 2.19. The lowest BCUT2D eigenvalue weighted by Crippen LogP contribution is -2.51. The molecule has 38 heavy (non-hydrogen) atoms. The Kier molecular flexibility index (Phi) is 8.17. The maximum atomic E-state index is 12.9. The molecule has 1 saturated heterocycles. The highest BCUT2D eigenvalue weighted by Crippen LogP contribution is 2.21. The van der Waals surface area contributed by atoms with Gasteiger partial charge in [0.15, 0.2) is 0 Å². The van der Waals surface area contributed by atoms with E-state index >= 15 is 0 Å². The van der Waals surface area contributed by atoms with Gasteiger partial charge in [-0.15, -0.1) is 0 Å². The topological polar surface area (TPSA) is 149 Å². The number of nitrogens with one attached hydrogen (secondary N) is 3. The molecule has 2 aromatic carbocycles. The third-order valence-electron chi connectivity index (χ3n) is 6.92. The molecule has 2 atom stereocenters. The average Bonchev–Trinajstić information content (AvgIpc) is 3.30. The SMILES string of the molecule is Cc1ccc(S(=O)(=O)N[C@@H](C)C(=O)N2CCC(C(=O)N[C@@H](Cc3c[nH]c4ccccc34)C(=O)O)CC2)cc1. The number of benzene rings is 2. The standard InChI is InChI=1S/C27H32N4O6S/c1-17-7-9-21(10-8-17)38(36,37)30-18(2)26(33)31-13-11-19(12-14-31)25(32)29-24(27(34)35)15-20-16-28-23-6-4-3-5-22(20)23/h3-10,16,18-19,24,28,30H,11-15H2,1-2H3,(H,29,32)(H,34,35)/t18-,24-/m0/s1. The van der Waals surface area contributed by atoms with Crippen LogP contribution >= 0.6 is 0 Å². The summed E-state index contributed by atoms with van der Waals surface area (Å²) in [4.78, 5) is 42.4. The molecule has 0 spiro atoms. The summed E-state index contributed by atoms with van der Waals surface area (Å²) in [6.07, 6.45) is 2.61. The number of hydrogen-bond donors (Lipinski definition) is 4. The summed E-state index contributed by atoms with van der Waals surface area (Å²) in [5, 5.41) is 13.3. The molecule has 2 heterocycles. The Balaban J connectivity index is 1.31. The number of carboxylic acid groups (broad SMARTS) is 1. The molecule has 3 aromatic rings. The van der Waals surface area contributed by atoms with E-state index in [4.69, 9.17) is 0 Å². The molecule has 10 nitrogen and oxygen atoms in total. The van der Waals surface area contributed by atoms with Gasteiger partial charge in [-0.05, 0) is 50.5 Å². The van der Waals surface area contributed by atoms with Gasteiger partial charge in [-0.1, -0.05) is 35.9 Å². The van der Waals surface area contributed by atoms with Crippen molar-refractivity contribution >= 4 is 38.7 Å². The van der Waals surface area contributed by atoms with Gasteiger partial charge in [-0.2, -0.15) is 4.72 Å². The highest BCUT2D eigenvalue weighted by molar-refractivity contribution is 7.89. The zero-order valence-electron chi connectivity index (χ0n) is 21.3. The molecular formula is C27H32N4O6S. The molecule has 1 aliphatic heterocycles. The predicted molar refractivity (Wildman–Crippen MR) is 142 cm³/mol. The van der Waals surface area contributed by atoms with E-state index in [1.165, 1.54) is 24.0 Å². The molecule has 0 unspecified atom stereocenters. The first-order valence-corrected chi connectivity index (χ1v) is 14.0. The van der Waals surface area contributed by atoms with Gasteiger partial charge >= 0.3 is 5.97 Å².